The number of rotatable bonds is 3. The first kappa shape index (κ1) is 12.4. The second-order valence-electron chi connectivity index (χ2n) is 5.79. The maximum Gasteiger partial charge on any atom is 0.328 e. The molecule has 1 saturated carbocycles. The minimum Gasteiger partial charge on any atom is -0.480 e. The molecule has 1 saturated heterocycles. The Morgan fingerprint density at radius 3 is 2.47 bits per heavy atom. The lowest BCUT2D eigenvalue weighted by Gasteiger charge is -2.25. The number of amides is 1. The molecule has 96 valence electrons. The third-order valence-corrected chi connectivity index (χ3v) is 4.08. The predicted octanol–water partition coefficient (Wildman–Crippen LogP) is 0.355. The van der Waals surface area contributed by atoms with Crippen LogP contribution in [0.1, 0.15) is 33.1 Å². The number of aliphatic carboxylic acids is 1. The van der Waals surface area contributed by atoms with Gasteiger partial charge in [-0.3, -0.25) is 4.79 Å². The highest BCUT2D eigenvalue weighted by Crippen LogP contribution is 2.58. The number of carbonyl (C=O) groups excluding carboxylic acids is 1. The van der Waals surface area contributed by atoms with Gasteiger partial charge < -0.3 is 15.7 Å². The average Bonchev–Trinajstić information content (AvgIpc) is 2.92. The maximum absolute atomic E-state index is 12.0. The van der Waals surface area contributed by atoms with Crippen molar-refractivity contribution >= 4 is 11.9 Å². The van der Waals surface area contributed by atoms with E-state index in [4.69, 9.17) is 5.11 Å². The zero-order chi connectivity index (χ0) is 12.7. The Hall–Kier alpha value is -1.10. The Morgan fingerprint density at radius 2 is 1.94 bits per heavy atom. The average molecular weight is 240 g/mol. The number of hydrogen-bond donors (Lipinski definition) is 3. The van der Waals surface area contributed by atoms with Crippen LogP contribution in [0.2, 0.25) is 0 Å². The fraction of sp³-hybridized carbons (Fsp3) is 0.833. The molecule has 0 aromatic heterocycles. The molecule has 5 heteroatoms. The van der Waals surface area contributed by atoms with E-state index >= 15 is 0 Å². The molecule has 0 bridgehead atoms. The number of carboxylic acid groups (broad SMARTS) is 1. The molecule has 1 spiro atoms. The fourth-order valence-electron chi connectivity index (χ4n) is 2.64. The third kappa shape index (κ3) is 2.29. The highest BCUT2D eigenvalue weighted by atomic mass is 16.4. The summed E-state index contributed by atoms with van der Waals surface area (Å²) >= 11 is 0. The quantitative estimate of drug-likeness (QED) is 0.665. The van der Waals surface area contributed by atoms with Crippen molar-refractivity contribution in [1.82, 2.24) is 10.6 Å². The molecule has 1 aliphatic heterocycles. The highest BCUT2D eigenvalue weighted by Gasteiger charge is 2.58. The van der Waals surface area contributed by atoms with E-state index in [9.17, 15) is 9.59 Å². The van der Waals surface area contributed by atoms with Crippen LogP contribution in [0.4, 0.5) is 0 Å². The van der Waals surface area contributed by atoms with Gasteiger partial charge in [-0.05, 0) is 51.6 Å². The van der Waals surface area contributed by atoms with Crippen LogP contribution in [-0.4, -0.2) is 35.6 Å². The normalized spacial score (nSPS) is 26.6. The van der Waals surface area contributed by atoms with Crippen molar-refractivity contribution in [3.8, 4) is 0 Å². The van der Waals surface area contributed by atoms with Crippen LogP contribution in [0.25, 0.3) is 0 Å². The van der Waals surface area contributed by atoms with E-state index in [-0.39, 0.29) is 17.2 Å². The van der Waals surface area contributed by atoms with Gasteiger partial charge in [-0.1, -0.05) is 0 Å². The van der Waals surface area contributed by atoms with Crippen molar-refractivity contribution in [2.24, 2.45) is 11.3 Å². The van der Waals surface area contributed by atoms with E-state index in [1.165, 1.54) is 13.8 Å². The van der Waals surface area contributed by atoms with Gasteiger partial charge in [0.2, 0.25) is 5.91 Å². The molecule has 2 fully saturated rings. The molecule has 1 heterocycles. The lowest BCUT2D eigenvalue weighted by Crippen LogP contribution is -2.50. The molecule has 1 amide bonds. The number of carboxylic acids is 1. The summed E-state index contributed by atoms with van der Waals surface area (Å²) in [7, 11) is 0. The van der Waals surface area contributed by atoms with Crippen molar-refractivity contribution < 1.29 is 14.7 Å². The molecule has 1 unspecified atom stereocenters. The standard InChI is InChI=1S/C12H20N2O3/c1-11(2,10(16)17)14-9(15)8-7-12(8)3-5-13-6-4-12/h8,13H,3-7H2,1-2H3,(H,14,15)(H,16,17). The SMILES string of the molecule is CC(C)(NC(=O)C1CC12CCNCC2)C(=O)O. The van der Waals surface area contributed by atoms with Gasteiger partial charge in [-0.25, -0.2) is 4.79 Å². The summed E-state index contributed by atoms with van der Waals surface area (Å²) in [5.74, 6) is -1.08. The minimum atomic E-state index is -1.17. The van der Waals surface area contributed by atoms with Crippen molar-refractivity contribution in [2.45, 2.75) is 38.6 Å². The van der Waals surface area contributed by atoms with Gasteiger partial charge >= 0.3 is 5.97 Å². The first-order chi connectivity index (χ1) is 7.87. The van der Waals surface area contributed by atoms with Crippen LogP contribution in [0.3, 0.4) is 0 Å². The van der Waals surface area contributed by atoms with Gasteiger partial charge in [-0.15, -0.1) is 0 Å². The van der Waals surface area contributed by atoms with Crippen molar-refractivity contribution in [3.63, 3.8) is 0 Å². The van der Waals surface area contributed by atoms with Gasteiger partial charge in [0.1, 0.15) is 5.54 Å². The molecule has 2 aliphatic rings. The van der Waals surface area contributed by atoms with Gasteiger partial charge in [-0.2, -0.15) is 0 Å². The van der Waals surface area contributed by atoms with Crippen LogP contribution in [0.5, 0.6) is 0 Å². The van der Waals surface area contributed by atoms with Crippen LogP contribution in [-0.2, 0) is 9.59 Å². The fourth-order valence-corrected chi connectivity index (χ4v) is 2.64. The molecular weight excluding hydrogens is 220 g/mol. The van der Waals surface area contributed by atoms with Crippen LogP contribution < -0.4 is 10.6 Å². The second-order valence-corrected chi connectivity index (χ2v) is 5.79. The Bertz CT molecular complexity index is 346. The molecule has 2 rings (SSSR count). The Labute approximate surface area is 101 Å². The van der Waals surface area contributed by atoms with Crippen LogP contribution in [0.15, 0.2) is 0 Å². The number of carbonyl (C=O) groups is 2. The lowest BCUT2D eigenvalue weighted by molar-refractivity contribution is -0.146. The molecule has 5 nitrogen and oxygen atoms in total. The second kappa shape index (κ2) is 3.98. The highest BCUT2D eigenvalue weighted by molar-refractivity contribution is 5.89. The molecule has 17 heavy (non-hydrogen) atoms. The monoisotopic (exact) mass is 240 g/mol. The smallest absolute Gasteiger partial charge is 0.328 e. The zero-order valence-corrected chi connectivity index (χ0v) is 10.4. The lowest BCUT2D eigenvalue weighted by atomic mass is 9.91. The molecule has 1 atom stereocenters. The van der Waals surface area contributed by atoms with Crippen molar-refractivity contribution in [2.75, 3.05) is 13.1 Å². The predicted molar refractivity (Wildman–Crippen MR) is 62.5 cm³/mol. The Morgan fingerprint density at radius 1 is 1.35 bits per heavy atom. The van der Waals surface area contributed by atoms with Gasteiger partial charge in [0.25, 0.3) is 0 Å². The summed E-state index contributed by atoms with van der Waals surface area (Å²) in [5.41, 5.74) is -1.02. The summed E-state index contributed by atoms with van der Waals surface area (Å²) in [6, 6.07) is 0. The van der Waals surface area contributed by atoms with Crippen molar-refractivity contribution in [1.29, 1.82) is 0 Å². The zero-order valence-electron chi connectivity index (χ0n) is 10.4. The van der Waals surface area contributed by atoms with Crippen LogP contribution in [0, 0.1) is 11.3 Å². The third-order valence-electron chi connectivity index (χ3n) is 4.08. The minimum absolute atomic E-state index is 0.0169. The van der Waals surface area contributed by atoms with Gasteiger partial charge in [0.15, 0.2) is 0 Å². The van der Waals surface area contributed by atoms with E-state index in [2.05, 4.69) is 10.6 Å². The molecule has 0 aromatic carbocycles. The van der Waals surface area contributed by atoms with Gasteiger partial charge in [0.05, 0.1) is 0 Å². The van der Waals surface area contributed by atoms with E-state index in [1.807, 2.05) is 0 Å². The number of piperidine rings is 1. The molecular formula is C12H20N2O3. The van der Waals surface area contributed by atoms with E-state index in [0.29, 0.717) is 0 Å². The van der Waals surface area contributed by atoms with E-state index < -0.39 is 11.5 Å². The molecule has 0 aromatic rings. The van der Waals surface area contributed by atoms with E-state index in [1.54, 1.807) is 0 Å². The summed E-state index contributed by atoms with van der Waals surface area (Å²) < 4.78 is 0. The molecule has 3 N–H and O–H groups in total. The summed E-state index contributed by atoms with van der Waals surface area (Å²) in [6.45, 7) is 4.97. The van der Waals surface area contributed by atoms with Crippen LogP contribution >= 0.6 is 0 Å². The molecule has 1 aliphatic carbocycles. The van der Waals surface area contributed by atoms with Gasteiger partial charge in [0, 0.05) is 5.92 Å². The first-order valence-electron chi connectivity index (χ1n) is 6.14. The summed E-state index contributed by atoms with van der Waals surface area (Å²) in [6.07, 6.45) is 2.97. The largest absolute Gasteiger partial charge is 0.480 e. The number of nitrogens with one attached hydrogen (secondary N) is 2. The van der Waals surface area contributed by atoms with Crippen molar-refractivity contribution in [3.05, 3.63) is 0 Å². The topological polar surface area (TPSA) is 78.4 Å². The maximum atomic E-state index is 12.0. The Kier molecular flexibility index (Phi) is 2.89. The Balaban J connectivity index is 1.93. The number of hydrogen-bond acceptors (Lipinski definition) is 3. The summed E-state index contributed by atoms with van der Waals surface area (Å²) in [4.78, 5) is 22.9. The molecule has 0 radical (unpaired) electrons. The summed E-state index contributed by atoms with van der Waals surface area (Å²) in [5, 5.41) is 14.9. The first-order valence-corrected chi connectivity index (χ1v) is 6.14. The van der Waals surface area contributed by atoms with E-state index in [0.717, 1.165) is 32.4 Å².